The van der Waals surface area contributed by atoms with Crippen LogP contribution in [-0.2, 0) is 0 Å². The summed E-state index contributed by atoms with van der Waals surface area (Å²) in [6.07, 6.45) is 12.7. The van der Waals surface area contributed by atoms with E-state index >= 15 is 0 Å². The molecule has 0 saturated heterocycles. The molecule has 2 atom stereocenters. The van der Waals surface area contributed by atoms with Gasteiger partial charge in [-0.05, 0) is 77.3 Å². The number of benzene rings is 2. The molecule has 0 fully saturated rings. The van der Waals surface area contributed by atoms with E-state index in [1.165, 1.54) is 62.5 Å². The summed E-state index contributed by atoms with van der Waals surface area (Å²) in [5.41, 5.74) is 13.2. The molecule has 2 aromatic rings. The van der Waals surface area contributed by atoms with Crippen molar-refractivity contribution >= 4 is 11.1 Å². The van der Waals surface area contributed by atoms with Crippen molar-refractivity contribution in [1.82, 2.24) is 0 Å². The third-order valence-corrected chi connectivity index (χ3v) is 8.96. The third kappa shape index (κ3) is 4.71. The SMILES string of the molecule is CCCCCC1=C(CC)c2ccccc2C1C(C)(C)C1C(CCCCC)=C(CC)c2ccccc21. The van der Waals surface area contributed by atoms with E-state index in [4.69, 9.17) is 0 Å². The van der Waals surface area contributed by atoms with Crippen molar-refractivity contribution in [1.29, 1.82) is 0 Å². The summed E-state index contributed by atoms with van der Waals surface area (Å²) >= 11 is 0. The van der Waals surface area contributed by atoms with Crippen LogP contribution in [0.5, 0.6) is 0 Å². The Bertz CT molecular complexity index is 991. The van der Waals surface area contributed by atoms with E-state index in [1.54, 1.807) is 33.4 Å². The first-order chi connectivity index (χ1) is 17.0. The highest BCUT2D eigenvalue weighted by atomic mass is 14.5. The summed E-state index contributed by atoms with van der Waals surface area (Å²) in [6, 6.07) is 18.8. The van der Waals surface area contributed by atoms with Crippen molar-refractivity contribution in [3.8, 4) is 0 Å². The number of hydrogen-bond acceptors (Lipinski definition) is 0. The van der Waals surface area contributed by atoms with Crippen LogP contribution in [-0.4, -0.2) is 0 Å². The molecule has 0 N–H and O–H groups in total. The van der Waals surface area contributed by atoms with Crippen LogP contribution in [0.1, 0.15) is 140 Å². The molecule has 2 aromatic carbocycles. The van der Waals surface area contributed by atoms with Gasteiger partial charge in [0.15, 0.2) is 0 Å². The molecule has 0 nitrogen and oxygen atoms in total. The Kier molecular flexibility index (Phi) is 8.41. The lowest BCUT2D eigenvalue weighted by Crippen LogP contribution is -2.31. The third-order valence-electron chi connectivity index (χ3n) is 8.96. The molecule has 2 unspecified atom stereocenters. The summed E-state index contributed by atoms with van der Waals surface area (Å²) in [5.74, 6) is 1.00. The second-order valence-corrected chi connectivity index (χ2v) is 11.5. The Morgan fingerprint density at radius 1 is 0.571 bits per heavy atom. The number of allylic oxidation sites excluding steroid dienone is 4. The average molecular weight is 469 g/mol. The van der Waals surface area contributed by atoms with Gasteiger partial charge in [-0.25, -0.2) is 0 Å². The molecule has 0 aliphatic heterocycles. The molecule has 2 aliphatic carbocycles. The van der Waals surface area contributed by atoms with Crippen LogP contribution in [0.3, 0.4) is 0 Å². The van der Waals surface area contributed by atoms with E-state index in [9.17, 15) is 0 Å². The lowest BCUT2D eigenvalue weighted by Gasteiger charge is -2.42. The first-order valence-electron chi connectivity index (χ1n) is 14.6. The maximum Gasteiger partial charge on any atom is 0.0120 e. The van der Waals surface area contributed by atoms with E-state index in [0.717, 1.165) is 12.8 Å². The second kappa shape index (κ2) is 11.3. The lowest BCUT2D eigenvalue weighted by atomic mass is 9.61. The van der Waals surface area contributed by atoms with Crippen molar-refractivity contribution in [3.05, 3.63) is 81.9 Å². The van der Waals surface area contributed by atoms with Gasteiger partial charge in [0.25, 0.3) is 0 Å². The van der Waals surface area contributed by atoms with Gasteiger partial charge in [-0.2, -0.15) is 0 Å². The van der Waals surface area contributed by atoms with Crippen LogP contribution in [0.4, 0.5) is 0 Å². The highest BCUT2D eigenvalue weighted by Gasteiger charge is 2.48. The first-order valence-corrected chi connectivity index (χ1v) is 14.6. The zero-order valence-electron chi connectivity index (χ0n) is 23.3. The molecule has 0 bridgehead atoms. The fourth-order valence-electron chi connectivity index (χ4n) is 7.54. The standard InChI is InChI=1S/C35H48/c1-7-11-13-21-29-25(9-3)27-19-15-17-23-31(27)33(29)35(5,6)34-30(22-14-12-8-2)26(10-4)28-20-16-18-24-32(28)34/h15-20,23-24,33-34H,7-14,21-22H2,1-6H3. The molecule has 0 aromatic heterocycles. The Morgan fingerprint density at radius 3 is 1.34 bits per heavy atom. The molecule has 188 valence electrons. The van der Waals surface area contributed by atoms with Gasteiger partial charge >= 0.3 is 0 Å². The number of hydrogen-bond donors (Lipinski definition) is 0. The maximum absolute atomic E-state index is 2.60. The van der Waals surface area contributed by atoms with Crippen molar-refractivity contribution in [2.45, 2.75) is 118 Å². The van der Waals surface area contributed by atoms with Gasteiger partial charge in [-0.3, -0.25) is 0 Å². The van der Waals surface area contributed by atoms with Crippen LogP contribution in [0, 0.1) is 5.41 Å². The van der Waals surface area contributed by atoms with Crippen LogP contribution in [0.15, 0.2) is 59.7 Å². The number of unbranched alkanes of at least 4 members (excludes halogenated alkanes) is 4. The Balaban J connectivity index is 1.85. The van der Waals surface area contributed by atoms with Crippen molar-refractivity contribution < 1.29 is 0 Å². The monoisotopic (exact) mass is 468 g/mol. The number of rotatable bonds is 12. The summed E-state index contributed by atoms with van der Waals surface area (Å²) in [6.45, 7) is 14.6. The Hall–Kier alpha value is -2.08. The second-order valence-electron chi connectivity index (χ2n) is 11.5. The first kappa shape index (κ1) is 26.0. The van der Waals surface area contributed by atoms with Crippen molar-refractivity contribution in [2.75, 3.05) is 0 Å². The minimum absolute atomic E-state index is 0.128. The van der Waals surface area contributed by atoms with Crippen LogP contribution >= 0.6 is 0 Å². The largest absolute Gasteiger partial charge is 0.0654 e. The molecule has 35 heavy (non-hydrogen) atoms. The van der Waals surface area contributed by atoms with E-state index in [2.05, 4.69) is 90.1 Å². The van der Waals surface area contributed by atoms with E-state index < -0.39 is 0 Å². The van der Waals surface area contributed by atoms with E-state index in [1.807, 2.05) is 0 Å². The Morgan fingerprint density at radius 2 is 0.971 bits per heavy atom. The molecule has 0 spiro atoms. The van der Waals surface area contributed by atoms with Gasteiger partial charge in [0.2, 0.25) is 0 Å². The zero-order chi connectivity index (χ0) is 25.0. The fourth-order valence-corrected chi connectivity index (χ4v) is 7.54. The van der Waals surface area contributed by atoms with Gasteiger partial charge in [-0.1, -0.05) is 127 Å². The Labute approximate surface area is 215 Å². The molecule has 4 rings (SSSR count). The smallest absolute Gasteiger partial charge is 0.0120 e. The van der Waals surface area contributed by atoms with Crippen LogP contribution in [0.25, 0.3) is 11.1 Å². The average Bonchev–Trinajstić information content (AvgIpc) is 3.37. The molecule has 0 radical (unpaired) electrons. The minimum atomic E-state index is 0.128. The van der Waals surface area contributed by atoms with E-state index in [0.29, 0.717) is 11.8 Å². The van der Waals surface area contributed by atoms with Crippen LogP contribution in [0.2, 0.25) is 0 Å². The van der Waals surface area contributed by atoms with Gasteiger partial charge in [0, 0.05) is 11.8 Å². The van der Waals surface area contributed by atoms with Gasteiger partial charge in [-0.15, -0.1) is 0 Å². The predicted octanol–water partition coefficient (Wildman–Crippen LogP) is 11.1. The molecule has 2 aliphatic rings. The van der Waals surface area contributed by atoms with E-state index in [-0.39, 0.29) is 5.41 Å². The maximum atomic E-state index is 2.60. The molecule has 0 heteroatoms. The van der Waals surface area contributed by atoms with Gasteiger partial charge in [0.05, 0.1) is 0 Å². The minimum Gasteiger partial charge on any atom is -0.0654 e. The summed E-state index contributed by atoms with van der Waals surface area (Å²) in [7, 11) is 0. The molecular formula is C35H48. The topological polar surface area (TPSA) is 0 Å². The quantitative estimate of drug-likeness (QED) is 0.272. The fraction of sp³-hybridized carbons (Fsp3) is 0.543. The lowest BCUT2D eigenvalue weighted by molar-refractivity contribution is 0.266. The normalized spacial score (nSPS) is 19.5. The summed E-state index contributed by atoms with van der Waals surface area (Å²) in [4.78, 5) is 0. The highest BCUT2D eigenvalue weighted by Crippen LogP contribution is 2.62. The number of fused-ring (bicyclic) bond motifs is 2. The summed E-state index contributed by atoms with van der Waals surface area (Å²) < 4.78 is 0. The molecule has 0 heterocycles. The summed E-state index contributed by atoms with van der Waals surface area (Å²) in [5, 5.41) is 0. The van der Waals surface area contributed by atoms with Gasteiger partial charge < -0.3 is 0 Å². The van der Waals surface area contributed by atoms with Gasteiger partial charge in [0.1, 0.15) is 0 Å². The zero-order valence-corrected chi connectivity index (χ0v) is 23.3. The predicted molar refractivity (Wildman–Crippen MR) is 155 cm³/mol. The van der Waals surface area contributed by atoms with Crippen LogP contribution < -0.4 is 0 Å². The molecule has 0 amide bonds. The van der Waals surface area contributed by atoms with Crippen molar-refractivity contribution in [2.24, 2.45) is 5.41 Å². The molecular weight excluding hydrogens is 420 g/mol. The molecule has 0 saturated carbocycles. The van der Waals surface area contributed by atoms with Crippen molar-refractivity contribution in [3.63, 3.8) is 0 Å². The highest BCUT2D eigenvalue weighted by molar-refractivity contribution is 5.81.